The highest BCUT2D eigenvalue weighted by Crippen LogP contribution is 2.11. The van der Waals surface area contributed by atoms with Crippen LogP contribution in [0.1, 0.15) is 26.3 Å². The molecule has 0 heterocycles. The molecule has 1 aromatic rings. The summed E-state index contributed by atoms with van der Waals surface area (Å²) >= 11 is 0. The van der Waals surface area contributed by atoms with Crippen molar-refractivity contribution in [2.75, 3.05) is 5.32 Å². The molecule has 0 radical (unpaired) electrons. The standard InChI is InChI=1S/C12H17NO3/c1-9-6-5-7-10(8-9)13-11(14)15-16-12(2,3)4/h5-8H,1-4H3,(H,13,14). The molecule has 0 atom stereocenters. The lowest BCUT2D eigenvalue weighted by molar-refractivity contribution is -0.297. The van der Waals surface area contributed by atoms with E-state index in [4.69, 9.17) is 4.89 Å². The topological polar surface area (TPSA) is 47.6 Å². The summed E-state index contributed by atoms with van der Waals surface area (Å²) in [5.41, 5.74) is 1.24. The van der Waals surface area contributed by atoms with Gasteiger partial charge in [0.25, 0.3) is 0 Å². The summed E-state index contributed by atoms with van der Waals surface area (Å²) in [7, 11) is 0. The van der Waals surface area contributed by atoms with Crippen molar-refractivity contribution in [2.45, 2.75) is 33.3 Å². The van der Waals surface area contributed by atoms with Gasteiger partial charge in [-0.15, -0.1) is 0 Å². The number of hydrogen-bond donors (Lipinski definition) is 1. The molecule has 16 heavy (non-hydrogen) atoms. The monoisotopic (exact) mass is 223 g/mol. The number of rotatable bonds is 2. The van der Waals surface area contributed by atoms with Gasteiger partial charge in [0.05, 0.1) is 0 Å². The molecule has 1 N–H and O–H groups in total. The highest BCUT2D eigenvalue weighted by molar-refractivity contribution is 5.84. The zero-order chi connectivity index (χ0) is 12.2. The maximum absolute atomic E-state index is 11.3. The Balaban J connectivity index is 2.46. The summed E-state index contributed by atoms with van der Waals surface area (Å²) in [6.07, 6.45) is -0.625. The second-order valence-electron chi connectivity index (χ2n) is 4.56. The molecular weight excluding hydrogens is 206 g/mol. The van der Waals surface area contributed by atoms with Gasteiger partial charge in [-0.2, -0.15) is 4.89 Å². The van der Waals surface area contributed by atoms with Crippen LogP contribution in [0.4, 0.5) is 10.5 Å². The van der Waals surface area contributed by atoms with Crippen molar-refractivity contribution in [3.8, 4) is 0 Å². The highest BCUT2D eigenvalue weighted by Gasteiger charge is 2.15. The molecule has 0 unspecified atom stereocenters. The van der Waals surface area contributed by atoms with Crippen LogP contribution < -0.4 is 5.32 Å². The van der Waals surface area contributed by atoms with Crippen molar-refractivity contribution in [3.63, 3.8) is 0 Å². The Hall–Kier alpha value is -1.55. The normalized spacial score (nSPS) is 11.0. The van der Waals surface area contributed by atoms with E-state index in [2.05, 4.69) is 10.2 Å². The van der Waals surface area contributed by atoms with E-state index in [-0.39, 0.29) is 0 Å². The van der Waals surface area contributed by atoms with E-state index >= 15 is 0 Å². The van der Waals surface area contributed by atoms with Crippen LogP contribution in [0, 0.1) is 6.92 Å². The van der Waals surface area contributed by atoms with Crippen LogP contribution in [0.25, 0.3) is 0 Å². The minimum Gasteiger partial charge on any atom is -0.289 e. The first-order valence-electron chi connectivity index (χ1n) is 5.10. The van der Waals surface area contributed by atoms with E-state index in [1.807, 2.05) is 25.1 Å². The molecule has 1 rings (SSSR count). The molecule has 88 valence electrons. The van der Waals surface area contributed by atoms with Crippen LogP contribution in [0.3, 0.4) is 0 Å². The molecule has 0 saturated carbocycles. The molecule has 0 fully saturated rings. The summed E-state index contributed by atoms with van der Waals surface area (Å²) in [6.45, 7) is 7.34. The van der Waals surface area contributed by atoms with Crippen LogP contribution in [0.5, 0.6) is 0 Å². The Bertz CT molecular complexity index is 369. The number of benzene rings is 1. The van der Waals surface area contributed by atoms with Crippen molar-refractivity contribution in [1.29, 1.82) is 0 Å². The average Bonchev–Trinajstić information content (AvgIpc) is 2.14. The smallest absolute Gasteiger partial charge is 0.289 e. The number of amides is 1. The fourth-order valence-corrected chi connectivity index (χ4v) is 1.02. The Morgan fingerprint density at radius 2 is 2.00 bits per heavy atom. The molecule has 0 aliphatic carbocycles. The predicted octanol–water partition coefficient (Wildman–Crippen LogP) is 3.27. The zero-order valence-corrected chi connectivity index (χ0v) is 10.0. The van der Waals surface area contributed by atoms with Gasteiger partial charge >= 0.3 is 6.09 Å². The van der Waals surface area contributed by atoms with Crippen LogP contribution in [-0.4, -0.2) is 11.7 Å². The van der Waals surface area contributed by atoms with E-state index in [1.54, 1.807) is 26.8 Å². The summed E-state index contributed by atoms with van der Waals surface area (Å²) in [5.74, 6) is 0. The molecule has 0 aromatic heterocycles. The lowest BCUT2D eigenvalue weighted by Crippen LogP contribution is -2.24. The number of nitrogens with one attached hydrogen (secondary N) is 1. The summed E-state index contributed by atoms with van der Waals surface area (Å²) < 4.78 is 0. The molecular formula is C12H17NO3. The van der Waals surface area contributed by atoms with Gasteiger partial charge in [0.15, 0.2) is 0 Å². The van der Waals surface area contributed by atoms with Gasteiger partial charge in [0, 0.05) is 5.69 Å². The van der Waals surface area contributed by atoms with Crippen LogP contribution in [0.15, 0.2) is 24.3 Å². The fraction of sp³-hybridized carbons (Fsp3) is 0.417. The number of carbonyl (C=O) groups excluding carboxylic acids is 1. The van der Waals surface area contributed by atoms with Crippen molar-refractivity contribution >= 4 is 11.8 Å². The molecule has 0 spiro atoms. The quantitative estimate of drug-likeness (QED) is 0.618. The maximum atomic E-state index is 11.3. The lowest BCUT2D eigenvalue weighted by Gasteiger charge is -2.16. The number of carbonyl (C=O) groups is 1. The van der Waals surface area contributed by atoms with Crippen LogP contribution >= 0.6 is 0 Å². The third-order valence-corrected chi connectivity index (χ3v) is 1.63. The van der Waals surface area contributed by atoms with Crippen molar-refractivity contribution in [1.82, 2.24) is 0 Å². The van der Waals surface area contributed by atoms with E-state index in [9.17, 15) is 4.79 Å². The van der Waals surface area contributed by atoms with Gasteiger partial charge in [-0.05, 0) is 45.4 Å². The first kappa shape index (κ1) is 12.5. The predicted molar refractivity (Wildman–Crippen MR) is 62.1 cm³/mol. The molecule has 0 aliphatic rings. The minimum absolute atomic E-state index is 0.510. The summed E-state index contributed by atoms with van der Waals surface area (Å²) in [4.78, 5) is 20.8. The molecule has 1 aromatic carbocycles. The molecule has 0 bridgehead atoms. The van der Waals surface area contributed by atoms with Gasteiger partial charge in [-0.3, -0.25) is 10.2 Å². The first-order valence-corrected chi connectivity index (χ1v) is 5.10. The van der Waals surface area contributed by atoms with Gasteiger partial charge in [0.2, 0.25) is 0 Å². The van der Waals surface area contributed by atoms with Gasteiger partial charge < -0.3 is 0 Å². The number of aryl methyl sites for hydroxylation is 1. The molecule has 4 heteroatoms. The SMILES string of the molecule is Cc1cccc(NC(=O)OOC(C)(C)C)c1. The molecule has 4 nitrogen and oxygen atoms in total. The molecule has 1 amide bonds. The van der Waals surface area contributed by atoms with E-state index in [0.717, 1.165) is 5.56 Å². The Kier molecular flexibility index (Phi) is 3.90. The minimum atomic E-state index is -0.625. The summed E-state index contributed by atoms with van der Waals surface area (Å²) in [5, 5.41) is 2.57. The number of hydrogen-bond acceptors (Lipinski definition) is 3. The average molecular weight is 223 g/mol. The van der Waals surface area contributed by atoms with Crippen LogP contribution in [0.2, 0.25) is 0 Å². The van der Waals surface area contributed by atoms with E-state index in [0.29, 0.717) is 5.69 Å². The van der Waals surface area contributed by atoms with Crippen LogP contribution in [-0.2, 0) is 9.78 Å². The second-order valence-corrected chi connectivity index (χ2v) is 4.56. The van der Waals surface area contributed by atoms with Crippen molar-refractivity contribution in [2.24, 2.45) is 0 Å². The summed E-state index contributed by atoms with van der Waals surface area (Å²) in [6, 6.07) is 7.43. The Morgan fingerprint density at radius 1 is 1.31 bits per heavy atom. The Labute approximate surface area is 95.5 Å². The van der Waals surface area contributed by atoms with Gasteiger partial charge in [-0.1, -0.05) is 12.1 Å². The fourth-order valence-electron chi connectivity index (χ4n) is 1.02. The van der Waals surface area contributed by atoms with E-state index in [1.165, 1.54) is 0 Å². The maximum Gasteiger partial charge on any atom is 0.443 e. The first-order chi connectivity index (χ1) is 7.37. The van der Waals surface area contributed by atoms with E-state index < -0.39 is 11.7 Å². The Morgan fingerprint density at radius 3 is 2.56 bits per heavy atom. The zero-order valence-electron chi connectivity index (χ0n) is 10.0. The third kappa shape index (κ3) is 4.79. The molecule has 0 saturated heterocycles. The largest absolute Gasteiger partial charge is 0.443 e. The lowest BCUT2D eigenvalue weighted by atomic mass is 10.2. The van der Waals surface area contributed by atoms with Crippen molar-refractivity contribution in [3.05, 3.63) is 29.8 Å². The third-order valence-electron chi connectivity index (χ3n) is 1.63. The second kappa shape index (κ2) is 4.99. The van der Waals surface area contributed by atoms with Crippen molar-refractivity contribution < 1.29 is 14.6 Å². The highest BCUT2D eigenvalue weighted by atomic mass is 17.2. The number of anilines is 1. The van der Waals surface area contributed by atoms with Gasteiger partial charge in [0.1, 0.15) is 5.60 Å². The van der Waals surface area contributed by atoms with Gasteiger partial charge in [-0.25, -0.2) is 4.79 Å². The molecule has 0 aliphatic heterocycles.